The molecular formula is C20H22N2O3. The molecule has 0 unspecified atom stereocenters. The van der Waals surface area contributed by atoms with Crippen LogP contribution in [0.3, 0.4) is 0 Å². The smallest absolute Gasteiger partial charge is 0.255 e. The molecule has 2 aromatic carbocycles. The van der Waals surface area contributed by atoms with Gasteiger partial charge < -0.3 is 14.5 Å². The van der Waals surface area contributed by atoms with Crippen LogP contribution in [0.25, 0.3) is 11.1 Å². The zero-order valence-electron chi connectivity index (χ0n) is 14.7. The molecule has 5 heteroatoms. The zero-order valence-corrected chi connectivity index (χ0v) is 14.7. The van der Waals surface area contributed by atoms with E-state index in [1.165, 1.54) is 0 Å². The molecule has 0 bridgehead atoms. The molecule has 0 aliphatic carbocycles. The van der Waals surface area contributed by atoms with Crippen LogP contribution in [0.4, 0.5) is 5.69 Å². The standard InChI is InChI=1S/C20H22N2O3/c1-4-10-24-16-7-5-6-14(11-16)19(23)21-15-8-9-18-17(12-15)22-20(25-18)13(2)3/h5-9,11-13H,4,10H2,1-3H3,(H,21,23). The molecule has 1 N–H and O–H groups in total. The molecule has 0 radical (unpaired) electrons. The fourth-order valence-corrected chi connectivity index (χ4v) is 2.42. The van der Waals surface area contributed by atoms with E-state index in [9.17, 15) is 4.79 Å². The van der Waals surface area contributed by atoms with Gasteiger partial charge in [0.15, 0.2) is 11.5 Å². The maximum absolute atomic E-state index is 12.5. The third-order valence-corrected chi connectivity index (χ3v) is 3.72. The van der Waals surface area contributed by atoms with E-state index >= 15 is 0 Å². The summed E-state index contributed by atoms with van der Waals surface area (Å²) >= 11 is 0. The molecular weight excluding hydrogens is 316 g/mol. The summed E-state index contributed by atoms with van der Waals surface area (Å²) in [6.45, 7) is 6.73. The highest BCUT2D eigenvalue weighted by atomic mass is 16.5. The molecule has 25 heavy (non-hydrogen) atoms. The second kappa shape index (κ2) is 7.38. The lowest BCUT2D eigenvalue weighted by Crippen LogP contribution is -2.12. The van der Waals surface area contributed by atoms with E-state index in [1.807, 2.05) is 51.1 Å². The van der Waals surface area contributed by atoms with Crippen LogP contribution in [-0.4, -0.2) is 17.5 Å². The third kappa shape index (κ3) is 3.99. The van der Waals surface area contributed by atoms with Crippen molar-refractivity contribution < 1.29 is 13.9 Å². The number of benzene rings is 2. The topological polar surface area (TPSA) is 64.4 Å². The van der Waals surface area contributed by atoms with Gasteiger partial charge in [0.05, 0.1) is 6.61 Å². The van der Waals surface area contributed by atoms with Gasteiger partial charge in [-0.1, -0.05) is 26.8 Å². The van der Waals surface area contributed by atoms with Crippen molar-refractivity contribution in [3.63, 3.8) is 0 Å². The maximum Gasteiger partial charge on any atom is 0.255 e. The first-order chi connectivity index (χ1) is 12.1. The van der Waals surface area contributed by atoms with Gasteiger partial charge in [0.25, 0.3) is 5.91 Å². The minimum atomic E-state index is -0.186. The first-order valence-electron chi connectivity index (χ1n) is 8.51. The molecule has 0 aliphatic rings. The van der Waals surface area contributed by atoms with Crippen molar-refractivity contribution in [3.8, 4) is 5.75 Å². The predicted molar refractivity (Wildman–Crippen MR) is 98.3 cm³/mol. The summed E-state index contributed by atoms with van der Waals surface area (Å²) in [6.07, 6.45) is 0.923. The molecule has 0 saturated carbocycles. The fraction of sp³-hybridized carbons (Fsp3) is 0.300. The Bertz CT molecular complexity index is 884. The number of rotatable bonds is 6. The minimum Gasteiger partial charge on any atom is -0.494 e. The van der Waals surface area contributed by atoms with Gasteiger partial charge in [-0.25, -0.2) is 4.98 Å². The summed E-state index contributed by atoms with van der Waals surface area (Å²) in [4.78, 5) is 16.9. The number of nitrogens with one attached hydrogen (secondary N) is 1. The number of fused-ring (bicyclic) bond motifs is 1. The SMILES string of the molecule is CCCOc1cccc(C(=O)Nc2ccc3oc(C(C)C)nc3c2)c1. The van der Waals surface area contributed by atoms with E-state index in [0.29, 0.717) is 29.5 Å². The van der Waals surface area contributed by atoms with E-state index in [1.54, 1.807) is 12.1 Å². The average molecular weight is 338 g/mol. The summed E-state index contributed by atoms with van der Waals surface area (Å²) in [5.41, 5.74) is 2.69. The monoisotopic (exact) mass is 338 g/mol. The molecule has 0 spiro atoms. The molecule has 3 aromatic rings. The lowest BCUT2D eigenvalue weighted by Gasteiger charge is -2.08. The Labute approximate surface area is 147 Å². The summed E-state index contributed by atoms with van der Waals surface area (Å²) < 4.78 is 11.3. The van der Waals surface area contributed by atoms with Gasteiger partial charge in [-0.05, 0) is 42.8 Å². The second-order valence-electron chi connectivity index (χ2n) is 6.22. The summed E-state index contributed by atoms with van der Waals surface area (Å²) in [6, 6.07) is 12.6. The number of oxazole rings is 1. The number of ether oxygens (including phenoxy) is 1. The van der Waals surface area contributed by atoms with Crippen LogP contribution in [0, 0.1) is 0 Å². The molecule has 0 saturated heterocycles. The Morgan fingerprint density at radius 3 is 2.84 bits per heavy atom. The molecule has 0 atom stereocenters. The van der Waals surface area contributed by atoms with Crippen molar-refractivity contribution in [3.05, 3.63) is 53.9 Å². The Hall–Kier alpha value is -2.82. The largest absolute Gasteiger partial charge is 0.494 e. The fourth-order valence-electron chi connectivity index (χ4n) is 2.42. The molecule has 130 valence electrons. The maximum atomic E-state index is 12.5. The number of anilines is 1. The van der Waals surface area contributed by atoms with Gasteiger partial charge in [-0.3, -0.25) is 4.79 Å². The van der Waals surface area contributed by atoms with E-state index in [4.69, 9.17) is 9.15 Å². The summed E-state index contributed by atoms with van der Waals surface area (Å²) in [5.74, 6) is 1.42. The van der Waals surface area contributed by atoms with E-state index in [2.05, 4.69) is 10.3 Å². The normalized spacial score (nSPS) is 11.0. The number of nitrogens with zero attached hydrogens (tertiary/aromatic N) is 1. The number of hydrogen-bond acceptors (Lipinski definition) is 4. The zero-order chi connectivity index (χ0) is 17.8. The van der Waals surface area contributed by atoms with E-state index < -0.39 is 0 Å². The predicted octanol–water partition coefficient (Wildman–Crippen LogP) is 4.99. The van der Waals surface area contributed by atoms with Gasteiger partial charge >= 0.3 is 0 Å². The Morgan fingerprint density at radius 1 is 1.24 bits per heavy atom. The number of amides is 1. The molecule has 0 fully saturated rings. The van der Waals surface area contributed by atoms with Crippen LogP contribution in [0.15, 0.2) is 46.9 Å². The van der Waals surface area contributed by atoms with Crippen molar-refractivity contribution in [1.29, 1.82) is 0 Å². The number of carbonyl (C=O) groups excluding carboxylic acids is 1. The van der Waals surface area contributed by atoms with Gasteiger partial charge in [0, 0.05) is 17.2 Å². The van der Waals surface area contributed by atoms with Gasteiger partial charge in [-0.2, -0.15) is 0 Å². The Kier molecular flexibility index (Phi) is 5.03. The molecule has 0 aliphatic heterocycles. The Balaban J connectivity index is 1.77. The van der Waals surface area contributed by atoms with Crippen LogP contribution in [0.5, 0.6) is 5.75 Å². The van der Waals surface area contributed by atoms with Crippen molar-refractivity contribution in [2.45, 2.75) is 33.1 Å². The van der Waals surface area contributed by atoms with Crippen LogP contribution in [0.1, 0.15) is 49.4 Å². The van der Waals surface area contributed by atoms with Crippen LogP contribution >= 0.6 is 0 Å². The highest BCUT2D eigenvalue weighted by Crippen LogP contribution is 2.24. The molecule has 1 heterocycles. The molecule has 5 nitrogen and oxygen atoms in total. The lowest BCUT2D eigenvalue weighted by atomic mass is 10.2. The molecule has 1 aromatic heterocycles. The number of carbonyl (C=O) groups is 1. The summed E-state index contributed by atoms with van der Waals surface area (Å²) in [7, 11) is 0. The van der Waals surface area contributed by atoms with Crippen molar-refractivity contribution >= 4 is 22.7 Å². The lowest BCUT2D eigenvalue weighted by molar-refractivity contribution is 0.102. The first-order valence-corrected chi connectivity index (χ1v) is 8.51. The molecule has 1 amide bonds. The van der Waals surface area contributed by atoms with Crippen LogP contribution in [-0.2, 0) is 0 Å². The minimum absolute atomic E-state index is 0.186. The second-order valence-corrected chi connectivity index (χ2v) is 6.22. The number of aromatic nitrogens is 1. The van der Waals surface area contributed by atoms with Gasteiger partial charge in [0.1, 0.15) is 11.3 Å². The van der Waals surface area contributed by atoms with Gasteiger partial charge in [-0.15, -0.1) is 0 Å². The first kappa shape index (κ1) is 17.0. The Morgan fingerprint density at radius 2 is 2.08 bits per heavy atom. The molecule has 3 rings (SSSR count). The average Bonchev–Trinajstić information content (AvgIpc) is 3.04. The highest BCUT2D eigenvalue weighted by molar-refractivity contribution is 6.05. The van der Waals surface area contributed by atoms with Crippen LogP contribution in [0.2, 0.25) is 0 Å². The highest BCUT2D eigenvalue weighted by Gasteiger charge is 2.12. The van der Waals surface area contributed by atoms with Gasteiger partial charge in [0.2, 0.25) is 0 Å². The van der Waals surface area contributed by atoms with E-state index in [0.717, 1.165) is 17.5 Å². The quantitative estimate of drug-likeness (QED) is 0.687. The summed E-state index contributed by atoms with van der Waals surface area (Å²) in [5, 5.41) is 2.90. The van der Waals surface area contributed by atoms with E-state index in [-0.39, 0.29) is 11.8 Å². The van der Waals surface area contributed by atoms with Crippen molar-refractivity contribution in [2.24, 2.45) is 0 Å². The van der Waals surface area contributed by atoms with Crippen LogP contribution < -0.4 is 10.1 Å². The van der Waals surface area contributed by atoms with Crippen molar-refractivity contribution in [1.82, 2.24) is 4.98 Å². The van der Waals surface area contributed by atoms with Crippen molar-refractivity contribution in [2.75, 3.05) is 11.9 Å². The number of hydrogen-bond donors (Lipinski definition) is 1. The third-order valence-electron chi connectivity index (χ3n) is 3.72.